The summed E-state index contributed by atoms with van der Waals surface area (Å²) < 4.78 is 5.41. The zero-order chi connectivity index (χ0) is 18.2. The minimum Gasteiger partial charge on any atom is -0.484 e. The van der Waals surface area contributed by atoms with Gasteiger partial charge in [0.1, 0.15) is 5.75 Å². The van der Waals surface area contributed by atoms with Crippen LogP contribution >= 0.6 is 0 Å². The molecule has 0 unspecified atom stereocenters. The molecule has 0 aliphatic carbocycles. The number of hydrogen-bond donors (Lipinski definition) is 1. The maximum atomic E-state index is 11.7. The minimum absolute atomic E-state index is 0.0488. The van der Waals surface area contributed by atoms with Gasteiger partial charge in [-0.3, -0.25) is 9.59 Å². The molecule has 2 aromatic carbocycles. The first kappa shape index (κ1) is 18.0. The minimum atomic E-state index is -0.355. The highest BCUT2D eigenvalue weighted by atomic mass is 16.5. The van der Waals surface area contributed by atoms with E-state index in [9.17, 15) is 9.59 Å². The van der Waals surface area contributed by atoms with E-state index in [2.05, 4.69) is 11.4 Å². The number of likely N-dealkylation sites (N-methyl/N-ethyl adjacent to an activating group) is 1. The molecule has 1 N–H and O–H groups in total. The highest BCUT2D eigenvalue weighted by Crippen LogP contribution is 2.22. The molecule has 0 bridgehead atoms. The van der Waals surface area contributed by atoms with Crippen LogP contribution in [0.15, 0.2) is 48.5 Å². The molecule has 0 fully saturated rings. The zero-order valence-electron chi connectivity index (χ0n) is 14.2. The summed E-state index contributed by atoms with van der Waals surface area (Å²) in [6.45, 7) is -0.205. The average molecular weight is 337 g/mol. The van der Waals surface area contributed by atoms with E-state index >= 15 is 0 Å². The van der Waals surface area contributed by atoms with Gasteiger partial charge in [-0.15, -0.1) is 0 Å². The largest absolute Gasteiger partial charge is 0.484 e. The summed E-state index contributed by atoms with van der Waals surface area (Å²) in [7, 11) is 3.25. The summed E-state index contributed by atoms with van der Waals surface area (Å²) in [6.07, 6.45) is 0. The lowest BCUT2D eigenvalue weighted by molar-refractivity contribution is -0.131. The van der Waals surface area contributed by atoms with Crippen molar-refractivity contribution in [3.05, 3.63) is 54.1 Å². The number of carbonyl (C=O) groups excluding carboxylic acids is 2. The number of benzene rings is 2. The van der Waals surface area contributed by atoms with E-state index in [0.717, 1.165) is 11.1 Å². The van der Waals surface area contributed by atoms with Crippen molar-refractivity contribution in [2.24, 2.45) is 0 Å². The first-order chi connectivity index (χ1) is 12.0. The second-order valence-electron chi connectivity index (χ2n) is 5.57. The molecule has 6 heteroatoms. The Bertz CT molecular complexity index is 775. The monoisotopic (exact) mass is 337 g/mol. The Morgan fingerprint density at radius 3 is 2.12 bits per heavy atom. The Hall–Kier alpha value is -3.33. The number of nitriles is 1. The van der Waals surface area contributed by atoms with Crippen LogP contribution in [-0.2, 0) is 9.59 Å². The zero-order valence-corrected chi connectivity index (χ0v) is 14.2. The molecule has 0 radical (unpaired) electrons. The van der Waals surface area contributed by atoms with Gasteiger partial charge >= 0.3 is 0 Å². The standard InChI is InChI=1S/C19H19N3O3/c1-22(2)19(24)12-21-18(23)13-25-17-9-7-16(8-10-17)15-5-3-14(11-20)4-6-15/h3-10H,12-13H2,1-2H3,(H,21,23). The highest BCUT2D eigenvalue weighted by molar-refractivity contribution is 5.85. The van der Waals surface area contributed by atoms with Crippen LogP contribution in [0.3, 0.4) is 0 Å². The molecule has 2 aromatic rings. The highest BCUT2D eigenvalue weighted by Gasteiger charge is 2.08. The number of carbonyl (C=O) groups is 2. The molecule has 0 atom stereocenters. The van der Waals surface area contributed by atoms with Gasteiger partial charge in [-0.1, -0.05) is 24.3 Å². The van der Waals surface area contributed by atoms with Crippen molar-refractivity contribution in [2.45, 2.75) is 0 Å². The van der Waals surface area contributed by atoms with E-state index in [1.165, 1.54) is 4.90 Å². The Morgan fingerprint density at radius 1 is 1.04 bits per heavy atom. The molecule has 0 aromatic heterocycles. The molecule has 128 valence electrons. The van der Waals surface area contributed by atoms with E-state index in [1.54, 1.807) is 38.4 Å². The normalized spacial score (nSPS) is 9.80. The van der Waals surface area contributed by atoms with E-state index in [1.807, 2.05) is 24.3 Å². The average Bonchev–Trinajstić information content (AvgIpc) is 2.64. The van der Waals surface area contributed by atoms with Crippen molar-refractivity contribution >= 4 is 11.8 Å². The molecular formula is C19H19N3O3. The Kier molecular flexibility index (Phi) is 6.13. The summed E-state index contributed by atoms with van der Waals surface area (Å²) in [5.41, 5.74) is 2.59. The van der Waals surface area contributed by atoms with Crippen LogP contribution in [0.1, 0.15) is 5.56 Å². The van der Waals surface area contributed by atoms with Crippen LogP contribution in [0.2, 0.25) is 0 Å². The van der Waals surface area contributed by atoms with Crippen molar-refractivity contribution in [2.75, 3.05) is 27.2 Å². The Balaban J connectivity index is 1.86. The predicted molar refractivity (Wildman–Crippen MR) is 93.8 cm³/mol. The van der Waals surface area contributed by atoms with Gasteiger partial charge < -0.3 is 15.0 Å². The fourth-order valence-corrected chi connectivity index (χ4v) is 2.01. The number of ether oxygens (including phenoxy) is 1. The summed E-state index contributed by atoms with van der Waals surface area (Å²) >= 11 is 0. The van der Waals surface area contributed by atoms with Crippen molar-refractivity contribution in [1.29, 1.82) is 5.26 Å². The third kappa shape index (κ3) is 5.36. The number of nitrogens with zero attached hydrogens (tertiary/aromatic N) is 2. The lowest BCUT2D eigenvalue weighted by Crippen LogP contribution is -2.38. The molecule has 0 heterocycles. The van der Waals surface area contributed by atoms with E-state index in [-0.39, 0.29) is 25.0 Å². The van der Waals surface area contributed by atoms with E-state index < -0.39 is 0 Å². The second kappa shape index (κ2) is 8.50. The maximum absolute atomic E-state index is 11.7. The summed E-state index contributed by atoms with van der Waals surface area (Å²) in [4.78, 5) is 24.5. The van der Waals surface area contributed by atoms with Gasteiger partial charge in [-0.2, -0.15) is 5.26 Å². The maximum Gasteiger partial charge on any atom is 0.258 e. The Morgan fingerprint density at radius 2 is 1.60 bits per heavy atom. The first-order valence-electron chi connectivity index (χ1n) is 7.70. The molecule has 25 heavy (non-hydrogen) atoms. The molecule has 2 amide bonds. The lowest BCUT2D eigenvalue weighted by atomic mass is 10.0. The third-order valence-corrected chi connectivity index (χ3v) is 3.51. The van der Waals surface area contributed by atoms with Crippen molar-refractivity contribution in [3.63, 3.8) is 0 Å². The summed E-state index contributed by atoms with van der Waals surface area (Å²) in [5, 5.41) is 11.3. The molecule has 0 saturated carbocycles. The van der Waals surface area contributed by atoms with Gasteiger partial charge in [0, 0.05) is 14.1 Å². The summed E-state index contributed by atoms with van der Waals surface area (Å²) in [5.74, 6) is 0.0259. The molecule has 0 spiro atoms. The Labute approximate surface area is 146 Å². The van der Waals surface area contributed by atoms with Gasteiger partial charge in [0.05, 0.1) is 18.2 Å². The molecule has 0 saturated heterocycles. The molecule has 0 aliphatic heterocycles. The third-order valence-electron chi connectivity index (χ3n) is 3.51. The van der Waals surface area contributed by atoms with Gasteiger partial charge in [-0.25, -0.2) is 0 Å². The van der Waals surface area contributed by atoms with Crippen LogP contribution in [-0.4, -0.2) is 44.0 Å². The predicted octanol–water partition coefficient (Wildman–Crippen LogP) is 1.81. The van der Waals surface area contributed by atoms with Gasteiger partial charge in [-0.05, 0) is 35.4 Å². The van der Waals surface area contributed by atoms with Gasteiger partial charge in [0.15, 0.2) is 6.61 Å². The second-order valence-corrected chi connectivity index (χ2v) is 5.57. The molecule has 2 rings (SSSR count). The van der Waals surface area contributed by atoms with Crippen LogP contribution in [0.25, 0.3) is 11.1 Å². The van der Waals surface area contributed by atoms with Crippen LogP contribution in [0, 0.1) is 11.3 Å². The van der Waals surface area contributed by atoms with E-state index in [4.69, 9.17) is 10.00 Å². The SMILES string of the molecule is CN(C)C(=O)CNC(=O)COc1ccc(-c2ccc(C#N)cc2)cc1. The first-order valence-corrected chi connectivity index (χ1v) is 7.70. The topological polar surface area (TPSA) is 82.4 Å². The van der Waals surface area contributed by atoms with Gasteiger partial charge in [0.25, 0.3) is 5.91 Å². The van der Waals surface area contributed by atoms with Crippen LogP contribution in [0.4, 0.5) is 0 Å². The quantitative estimate of drug-likeness (QED) is 0.871. The van der Waals surface area contributed by atoms with E-state index in [0.29, 0.717) is 11.3 Å². The van der Waals surface area contributed by atoms with Crippen LogP contribution in [0.5, 0.6) is 5.75 Å². The number of amides is 2. The summed E-state index contributed by atoms with van der Waals surface area (Å²) in [6, 6.07) is 16.7. The van der Waals surface area contributed by atoms with Crippen molar-refractivity contribution < 1.29 is 14.3 Å². The molecule has 6 nitrogen and oxygen atoms in total. The number of hydrogen-bond acceptors (Lipinski definition) is 4. The number of rotatable bonds is 6. The van der Waals surface area contributed by atoms with Crippen molar-refractivity contribution in [3.8, 4) is 22.9 Å². The number of nitrogens with one attached hydrogen (secondary N) is 1. The smallest absolute Gasteiger partial charge is 0.258 e. The fraction of sp³-hybridized carbons (Fsp3) is 0.211. The lowest BCUT2D eigenvalue weighted by Gasteiger charge is -2.11. The fourth-order valence-electron chi connectivity index (χ4n) is 2.01. The van der Waals surface area contributed by atoms with Gasteiger partial charge in [0.2, 0.25) is 5.91 Å². The van der Waals surface area contributed by atoms with Crippen LogP contribution < -0.4 is 10.1 Å². The molecule has 0 aliphatic rings. The molecular weight excluding hydrogens is 318 g/mol. The van der Waals surface area contributed by atoms with Crippen molar-refractivity contribution in [1.82, 2.24) is 10.2 Å².